The van der Waals surface area contributed by atoms with Crippen LogP contribution in [-0.4, -0.2) is 15.0 Å². The lowest BCUT2D eigenvalue weighted by molar-refractivity contribution is 0.715. The number of hydrogen-bond acceptors (Lipinski definition) is 3. The molecule has 0 aromatic carbocycles. The van der Waals surface area contributed by atoms with E-state index in [2.05, 4.69) is 15.0 Å². The third-order valence-electron chi connectivity index (χ3n) is 3.59. The molecule has 1 saturated carbocycles. The van der Waals surface area contributed by atoms with Gasteiger partial charge in [-0.25, -0.2) is 9.97 Å². The van der Waals surface area contributed by atoms with Gasteiger partial charge in [0, 0.05) is 11.8 Å². The standard InChI is InChI=1S/C14H12Cl3N3/c15-9-6-3-7-18-11(9)14-19-12(16)10(13(17)20-14)8-4-1-2-5-8/h3,6-8H,1-2,4-5H2. The number of hydrogen-bond donors (Lipinski definition) is 0. The summed E-state index contributed by atoms with van der Waals surface area (Å²) in [6, 6.07) is 3.49. The summed E-state index contributed by atoms with van der Waals surface area (Å²) >= 11 is 18.7. The summed E-state index contributed by atoms with van der Waals surface area (Å²) in [6.07, 6.45) is 6.21. The van der Waals surface area contributed by atoms with Crippen LogP contribution in [0.3, 0.4) is 0 Å². The Bertz CT molecular complexity index is 616. The molecule has 3 nitrogen and oxygen atoms in total. The second-order valence-electron chi connectivity index (χ2n) is 4.86. The van der Waals surface area contributed by atoms with Crippen LogP contribution in [-0.2, 0) is 0 Å². The average molecular weight is 329 g/mol. The van der Waals surface area contributed by atoms with E-state index >= 15 is 0 Å². The van der Waals surface area contributed by atoms with Gasteiger partial charge in [-0.3, -0.25) is 4.98 Å². The minimum Gasteiger partial charge on any atom is -0.251 e. The molecule has 6 heteroatoms. The summed E-state index contributed by atoms with van der Waals surface area (Å²) in [4.78, 5) is 12.8. The Hall–Kier alpha value is -0.900. The van der Waals surface area contributed by atoms with Gasteiger partial charge < -0.3 is 0 Å². The highest BCUT2D eigenvalue weighted by molar-refractivity contribution is 6.35. The SMILES string of the molecule is Clc1cccnc1-c1nc(Cl)c(C2CCCC2)c(Cl)n1. The summed E-state index contributed by atoms with van der Waals surface area (Å²) in [5, 5.41) is 1.30. The van der Waals surface area contributed by atoms with E-state index in [4.69, 9.17) is 34.8 Å². The summed E-state index contributed by atoms with van der Waals surface area (Å²) in [6.45, 7) is 0. The molecule has 0 atom stereocenters. The maximum atomic E-state index is 6.31. The molecule has 0 bridgehead atoms. The molecule has 0 N–H and O–H groups in total. The Morgan fingerprint density at radius 3 is 2.25 bits per heavy atom. The fraction of sp³-hybridized carbons (Fsp3) is 0.357. The van der Waals surface area contributed by atoms with Crippen molar-refractivity contribution in [1.82, 2.24) is 15.0 Å². The molecular weight excluding hydrogens is 317 g/mol. The van der Waals surface area contributed by atoms with Gasteiger partial charge in [0.05, 0.1) is 5.02 Å². The van der Waals surface area contributed by atoms with Gasteiger partial charge in [0.25, 0.3) is 0 Å². The molecule has 0 saturated heterocycles. The lowest BCUT2D eigenvalue weighted by atomic mass is 10.0. The van der Waals surface area contributed by atoms with E-state index in [9.17, 15) is 0 Å². The quantitative estimate of drug-likeness (QED) is 0.715. The number of aromatic nitrogens is 3. The largest absolute Gasteiger partial charge is 0.251 e. The third kappa shape index (κ3) is 2.62. The molecule has 104 valence electrons. The van der Waals surface area contributed by atoms with Gasteiger partial charge in [0.1, 0.15) is 16.0 Å². The molecule has 0 spiro atoms. The highest BCUT2D eigenvalue weighted by Crippen LogP contribution is 2.40. The summed E-state index contributed by atoms with van der Waals surface area (Å²) in [5.74, 6) is 0.732. The van der Waals surface area contributed by atoms with E-state index in [1.807, 2.05) is 0 Å². The van der Waals surface area contributed by atoms with Crippen LogP contribution in [0.1, 0.15) is 37.2 Å². The summed E-state index contributed by atoms with van der Waals surface area (Å²) < 4.78 is 0. The van der Waals surface area contributed by atoms with Gasteiger partial charge in [-0.05, 0) is 30.9 Å². The smallest absolute Gasteiger partial charge is 0.182 e. The van der Waals surface area contributed by atoms with Gasteiger partial charge in [0.2, 0.25) is 0 Å². The Labute approximate surface area is 132 Å². The molecular formula is C14H12Cl3N3. The summed E-state index contributed by atoms with van der Waals surface area (Å²) in [7, 11) is 0. The van der Waals surface area contributed by atoms with Crippen LogP contribution in [0.4, 0.5) is 0 Å². The Kier molecular flexibility index (Phi) is 4.11. The number of rotatable bonds is 2. The van der Waals surface area contributed by atoms with Crippen LogP contribution in [0.15, 0.2) is 18.3 Å². The van der Waals surface area contributed by atoms with Crippen molar-refractivity contribution in [2.24, 2.45) is 0 Å². The second-order valence-corrected chi connectivity index (χ2v) is 5.98. The van der Waals surface area contributed by atoms with Crippen LogP contribution in [0.25, 0.3) is 11.5 Å². The first-order valence-corrected chi connectivity index (χ1v) is 7.64. The lowest BCUT2D eigenvalue weighted by Gasteiger charge is -2.13. The van der Waals surface area contributed by atoms with Crippen LogP contribution >= 0.6 is 34.8 Å². The second kappa shape index (κ2) is 5.84. The molecule has 0 aliphatic heterocycles. The van der Waals surface area contributed by atoms with Crippen LogP contribution in [0.5, 0.6) is 0 Å². The van der Waals surface area contributed by atoms with Gasteiger partial charge in [-0.1, -0.05) is 47.6 Å². The molecule has 1 aliphatic carbocycles. The predicted molar refractivity (Wildman–Crippen MR) is 81.5 cm³/mol. The fourth-order valence-electron chi connectivity index (χ4n) is 2.62. The van der Waals surface area contributed by atoms with Gasteiger partial charge >= 0.3 is 0 Å². The first-order chi connectivity index (χ1) is 9.66. The zero-order valence-electron chi connectivity index (χ0n) is 10.6. The van der Waals surface area contributed by atoms with Crippen molar-refractivity contribution >= 4 is 34.8 Å². The van der Waals surface area contributed by atoms with Gasteiger partial charge in [-0.2, -0.15) is 0 Å². The monoisotopic (exact) mass is 327 g/mol. The molecule has 2 heterocycles. The minimum absolute atomic E-state index is 0.364. The van der Waals surface area contributed by atoms with Crippen molar-refractivity contribution in [3.05, 3.63) is 39.2 Å². The van der Waals surface area contributed by atoms with Crippen molar-refractivity contribution in [3.8, 4) is 11.5 Å². The molecule has 1 aliphatic rings. The molecule has 3 rings (SSSR count). The van der Waals surface area contributed by atoms with Crippen molar-refractivity contribution in [2.75, 3.05) is 0 Å². The molecule has 0 radical (unpaired) electrons. The first-order valence-electron chi connectivity index (χ1n) is 6.50. The first kappa shape index (κ1) is 14.1. The molecule has 1 fully saturated rings. The minimum atomic E-state index is 0.364. The number of nitrogens with zero attached hydrogens (tertiary/aromatic N) is 3. The topological polar surface area (TPSA) is 38.7 Å². The maximum Gasteiger partial charge on any atom is 0.182 e. The third-order valence-corrected chi connectivity index (χ3v) is 4.47. The van der Waals surface area contributed by atoms with Crippen LogP contribution < -0.4 is 0 Å². The lowest BCUT2D eigenvalue weighted by Crippen LogP contribution is -2.02. The highest BCUT2D eigenvalue weighted by atomic mass is 35.5. The van der Waals surface area contributed by atoms with Crippen molar-refractivity contribution in [3.63, 3.8) is 0 Å². The molecule has 2 aromatic heterocycles. The van der Waals surface area contributed by atoms with E-state index in [1.165, 1.54) is 12.8 Å². The summed E-state index contributed by atoms with van der Waals surface area (Å²) in [5.41, 5.74) is 1.36. The van der Waals surface area contributed by atoms with Crippen molar-refractivity contribution < 1.29 is 0 Å². The fourth-order valence-corrected chi connectivity index (χ4v) is 3.53. The van der Waals surface area contributed by atoms with E-state index in [0.717, 1.165) is 18.4 Å². The van der Waals surface area contributed by atoms with E-state index in [0.29, 0.717) is 32.8 Å². The van der Waals surface area contributed by atoms with Crippen LogP contribution in [0, 0.1) is 0 Å². The van der Waals surface area contributed by atoms with Gasteiger partial charge in [-0.15, -0.1) is 0 Å². The van der Waals surface area contributed by atoms with Crippen molar-refractivity contribution in [1.29, 1.82) is 0 Å². The molecule has 20 heavy (non-hydrogen) atoms. The van der Waals surface area contributed by atoms with E-state index in [-0.39, 0.29) is 0 Å². The maximum absolute atomic E-state index is 6.31. The predicted octanol–water partition coefficient (Wildman–Crippen LogP) is 5.16. The van der Waals surface area contributed by atoms with Crippen LogP contribution in [0.2, 0.25) is 15.3 Å². The molecule has 2 aromatic rings. The zero-order valence-corrected chi connectivity index (χ0v) is 12.9. The number of halogens is 3. The van der Waals surface area contributed by atoms with E-state index < -0.39 is 0 Å². The van der Waals surface area contributed by atoms with E-state index in [1.54, 1.807) is 18.3 Å². The normalized spacial score (nSPS) is 15.8. The highest BCUT2D eigenvalue weighted by Gasteiger charge is 2.25. The van der Waals surface area contributed by atoms with Crippen molar-refractivity contribution in [2.45, 2.75) is 31.6 Å². The van der Waals surface area contributed by atoms with Gasteiger partial charge in [0.15, 0.2) is 5.82 Å². The molecule has 0 amide bonds. The zero-order chi connectivity index (χ0) is 14.1. The number of pyridine rings is 1. The average Bonchev–Trinajstić information content (AvgIpc) is 2.92. The molecule has 0 unspecified atom stereocenters. The Morgan fingerprint density at radius 1 is 1.00 bits per heavy atom. The Morgan fingerprint density at radius 2 is 1.65 bits per heavy atom. The Balaban J connectivity index is 2.06.